The fraction of sp³-hybridized carbons (Fsp3) is 0.222. The van der Waals surface area contributed by atoms with E-state index in [1.54, 1.807) is 36.5 Å². The van der Waals surface area contributed by atoms with Crippen LogP contribution in [0, 0.1) is 6.92 Å². The van der Waals surface area contributed by atoms with E-state index in [-0.39, 0.29) is 11.8 Å². The third kappa shape index (κ3) is 7.31. The molecule has 0 saturated heterocycles. The number of unbranched alkanes of at least 4 members (excludes halogenated alkanes) is 2. The maximum Gasteiger partial charge on any atom is 0.271 e. The molecule has 0 saturated carbocycles. The van der Waals surface area contributed by atoms with Crippen LogP contribution in [0.15, 0.2) is 77.9 Å². The van der Waals surface area contributed by atoms with Gasteiger partial charge >= 0.3 is 0 Å². The minimum absolute atomic E-state index is 0.221. The predicted octanol–water partition coefficient (Wildman–Crippen LogP) is 5.58. The number of nitrogens with zero attached hydrogens (tertiary/aromatic N) is 1. The molecule has 0 fully saturated rings. The van der Waals surface area contributed by atoms with E-state index < -0.39 is 0 Å². The van der Waals surface area contributed by atoms with Crippen LogP contribution < -0.4 is 15.5 Å². The highest BCUT2D eigenvalue weighted by atomic mass is 16.5. The van der Waals surface area contributed by atoms with Crippen LogP contribution in [0.4, 0.5) is 5.69 Å². The summed E-state index contributed by atoms with van der Waals surface area (Å²) in [5.74, 6) is 0.229. The van der Waals surface area contributed by atoms with E-state index in [4.69, 9.17) is 4.74 Å². The van der Waals surface area contributed by atoms with Gasteiger partial charge in [-0.05, 0) is 73.0 Å². The molecule has 0 radical (unpaired) electrons. The molecule has 2 amide bonds. The smallest absolute Gasteiger partial charge is 0.271 e. The lowest BCUT2D eigenvalue weighted by Gasteiger charge is -2.08. The molecular formula is C27H29N3O3. The van der Waals surface area contributed by atoms with Crippen molar-refractivity contribution in [3.63, 3.8) is 0 Å². The van der Waals surface area contributed by atoms with Crippen molar-refractivity contribution in [1.82, 2.24) is 5.43 Å². The van der Waals surface area contributed by atoms with E-state index in [9.17, 15) is 9.59 Å². The lowest BCUT2D eigenvalue weighted by molar-refractivity contribution is 0.0953. The molecule has 2 N–H and O–H groups in total. The second-order valence-corrected chi connectivity index (χ2v) is 7.67. The SMILES string of the molecule is CCCCCOc1ccc(/C=N/NC(=O)c2cccc(NC(=O)c3ccccc3C)c2)cc1. The molecule has 170 valence electrons. The molecule has 0 aromatic heterocycles. The van der Waals surface area contributed by atoms with Crippen LogP contribution in [0.1, 0.15) is 58.0 Å². The molecule has 3 aromatic rings. The van der Waals surface area contributed by atoms with Gasteiger partial charge in [0.2, 0.25) is 0 Å². The molecular weight excluding hydrogens is 414 g/mol. The van der Waals surface area contributed by atoms with E-state index in [1.165, 1.54) is 0 Å². The monoisotopic (exact) mass is 443 g/mol. The first kappa shape index (κ1) is 23.7. The van der Waals surface area contributed by atoms with E-state index in [0.29, 0.717) is 23.4 Å². The molecule has 6 heteroatoms. The Morgan fingerprint density at radius 2 is 1.73 bits per heavy atom. The number of anilines is 1. The van der Waals surface area contributed by atoms with Crippen LogP contribution >= 0.6 is 0 Å². The fourth-order valence-electron chi connectivity index (χ4n) is 3.19. The zero-order chi connectivity index (χ0) is 23.5. The highest BCUT2D eigenvalue weighted by molar-refractivity contribution is 6.06. The molecule has 33 heavy (non-hydrogen) atoms. The lowest BCUT2D eigenvalue weighted by Crippen LogP contribution is -2.18. The van der Waals surface area contributed by atoms with Crippen LogP contribution in [-0.2, 0) is 0 Å². The standard InChI is InChI=1S/C27H29N3O3/c1-3-4-7-17-33-24-15-13-21(14-16-24)19-28-30-26(31)22-10-8-11-23(18-22)29-27(32)25-12-6-5-9-20(25)2/h5-6,8-16,18-19H,3-4,7,17H2,1-2H3,(H,29,32)(H,30,31)/b28-19+. The van der Waals surface area contributed by atoms with Crippen molar-refractivity contribution >= 4 is 23.7 Å². The number of hydrazone groups is 1. The Morgan fingerprint density at radius 3 is 2.48 bits per heavy atom. The van der Waals surface area contributed by atoms with E-state index in [1.807, 2.05) is 49.4 Å². The number of rotatable bonds is 10. The quantitative estimate of drug-likeness (QED) is 0.244. The van der Waals surface area contributed by atoms with Gasteiger partial charge in [-0.25, -0.2) is 5.43 Å². The number of nitrogens with one attached hydrogen (secondary N) is 2. The Kier molecular flexibility index (Phi) is 8.77. The lowest BCUT2D eigenvalue weighted by atomic mass is 10.1. The highest BCUT2D eigenvalue weighted by Gasteiger charge is 2.10. The van der Waals surface area contributed by atoms with Crippen LogP contribution in [0.3, 0.4) is 0 Å². The van der Waals surface area contributed by atoms with Gasteiger partial charge in [-0.2, -0.15) is 5.10 Å². The summed E-state index contributed by atoms with van der Waals surface area (Å²) in [6, 6.07) is 21.6. The van der Waals surface area contributed by atoms with Crippen LogP contribution in [0.2, 0.25) is 0 Å². The molecule has 0 spiro atoms. The Balaban J connectivity index is 1.54. The summed E-state index contributed by atoms with van der Waals surface area (Å²) in [6.45, 7) is 4.75. The summed E-state index contributed by atoms with van der Waals surface area (Å²) >= 11 is 0. The van der Waals surface area contributed by atoms with Crippen molar-refractivity contribution in [1.29, 1.82) is 0 Å². The van der Waals surface area contributed by atoms with Gasteiger partial charge in [-0.15, -0.1) is 0 Å². The van der Waals surface area contributed by atoms with E-state index in [0.717, 1.165) is 36.1 Å². The van der Waals surface area contributed by atoms with Crippen LogP contribution in [0.5, 0.6) is 5.75 Å². The van der Waals surface area contributed by atoms with E-state index in [2.05, 4.69) is 22.8 Å². The van der Waals surface area contributed by atoms with Crippen molar-refractivity contribution < 1.29 is 14.3 Å². The number of benzene rings is 3. The summed E-state index contributed by atoms with van der Waals surface area (Å²) in [7, 11) is 0. The number of hydrogen-bond acceptors (Lipinski definition) is 4. The second-order valence-electron chi connectivity index (χ2n) is 7.67. The number of ether oxygens (including phenoxy) is 1. The zero-order valence-electron chi connectivity index (χ0n) is 19.0. The van der Waals surface area contributed by atoms with Crippen molar-refractivity contribution in [2.75, 3.05) is 11.9 Å². The van der Waals surface area contributed by atoms with Gasteiger partial charge in [0.05, 0.1) is 12.8 Å². The average molecular weight is 444 g/mol. The Hall–Kier alpha value is -3.93. The normalized spacial score (nSPS) is 10.7. The minimum Gasteiger partial charge on any atom is -0.494 e. The Morgan fingerprint density at radius 1 is 0.939 bits per heavy atom. The average Bonchev–Trinajstić information content (AvgIpc) is 2.83. The number of aryl methyl sites for hydroxylation is 1. The molecule has 3 rings (SSSR count). The van der Waals surface area contributed by atoms with Gasteiger partial charge < -0.3 is 10.1 Å². The van der Waals surface area contributed by atoms with Crippen molar-refractivity contribution in [3.05, 3.63) is 95.1 Å². The second kappa shape index (κ2) is 12.2. The van der Waals surface area contributed by atoms with Crippen molar-refractivity contribution in [2.45, 2.75) is 33.1 Å². The summed E-state index contributed by atoms with van der Waals surface area (Å²) in [6.07, 6.45) is 4.94. The summed E-state index contributed by atoms with van der Waals surface area (Å²) in [4.78, 5) is 25.0. The van der Waals surface area contributed by atoms with Gasteiger partial charge in [-0.3, -0.25) is 9.59 Å². The molecule has 0 bridgehead atoms. The molecule has 0 aliphatic carbocycles. The van der Waals surface area contributed by atoms with Gasteiger partial charge in [0, 0.05) is 16.8 Å². The fourth-order valence-corrected chi connectivity index (χ4v) is 3.19. The first-order valence-corrected chi connectivity index (χ1v) is 11.1. The molecule has 0 aliphatic heterocycles. The predicted molar refractivity (Wildman–Crippen MR) is 132 cm³/mol. The molecule has 3 aromatic carbocycles. The molecule has 0 unspecified atom stereocenters. The number of carbonyl (C=O) groups excluding carboxylic acids is 2. The maximum absolute atomic E-state index is 12.5. The summed E-state index contributed by atoms with van der Waals surface area (Å²) < 4.78 is 5.69. The number of hydrogen-bond donors (Lipinski definition) is 2. The van der Waals surface area contributed by atoms with E-state index >= 15 is 0 Å². The van der Waals surface area contributed by atoms with Gasteiger partial charge in [-0.1, -0.05) is 44.0 Å². The van der Waals surface area contributed by atoms with Gasteiger partial charge in [0.15, 0.2) is 0 Å². The zero-order valence-corrected chi connectivity index (χ0v) is 19.0. The minimum atomic E-state index is -0.367. The van der Waals surface area contributed by atoms with Gasteiger partial charge in [0.25, 0.3) is 11.8 Å². The molecule has 0 atom stereocenters. The number of carbonyl (C=O) groups is 2. The summed E-state index contributed by atoms with van der Waals surface area (Å²) in [5.41, 5.74) is 5.77. The van der Waals surface area contributed by atoms with Gasteiger partial charge in [0.1, 0.15) is 5.75 Å². The van der Waals surface area contributed by atoms with Crippen LogP contribution in [0.25, 0.3) is 0 Å². The first-order valence-electron chi connectivity index (χ1n) is 11.1. The first-order chi connectivity index (χ1) is 16.1. The van der Waals surface area contributed by atoms with Crippen molar-refractivity contribution in [2.24, 2.45) is 5.10 Å². The molecule has 6 nitrogen and oxygen atoms in total. The highest BCUT2D eigenvalue weighted by Crippen LogP contribution is 2.15. The molecule has 0 aliphatic rings. The van der Waals surface area contributed by atoms with Crippen molar-refractivity contribution in [3.8, 4) is 5.75 Å². The topological polar surface area (TPSA) is 79.8 Å². The largest absolute Gasteiger partial charge is 0.494 e. The molecule has 0 heterocycles. The Labute approximate surface area is 194 Å². The third-order valence-corrected chi connectivity index (χ3v) is 5.05. The third-order valence-electron chi connectivity index (χ3n) is 5.05. The van der Waals surface area contributed by atoms with Crippen LogP contribution in [-0.4, -0.2) is 24.6 Å². The maximum atomic E-state index is 12.5. The summed E-state index contributed by atoms with van der Waals surface area (Å²) in [5, 5.41) is 6.86. The number of amides is 2. The Bertz CT molecular complexity index is 1110.